The first-order valence-electron chi connectivity index (χ1n) is 8.26. The number of benzene rings is 2. The smallest absolute Gasteiger partial charge is 0.253 e. The fourth-order valence-corrected chi connectivity index (χ4v) is 2.52. The molecule has 0 heterocycles. The van der Waals surface area contributed by atoms with Gasteiger partial charge in [0.2, 0.25) is 5.91 Å². The molecule has 0 saturated heterocycles. The number of rotatable bonds is 7. The molecule has 2 aromatic carbocycles. The highest BCUT2D eigenvalue weighted by Gasteiger charge is 2.15. The van der Waals surface area contributed by atoms with Gasteiger partial charge in [0.1, 0.15) is 12.1 Å². The molecule has 2 amide bonds. The van der Waals surface area contributed by atoms with E-state index in [-0.39, 0.29) is 11.8 Å². The summed E-state index contributed by atoms with van der Waals surface area (Å²) < 4.78 is 4.98. The summed E-state index contributed by atoms with van der Waals surface area (Å²) in [7, 11) is 1.47. The molecule has 2 aromatic rings. The van der Waals surface area contributed by atoms with Crippen LogP contribution in [-0.2, 0) is 14.3 Å². The second-order valence-corrected chi connectivity index (χ2v) is 6.77. The van der Waals surface area contributed by atoms with Crippen LogP contribution >= 0.6 is 23.2 Å². The van der Waals surface area contributed by atoms with Gasteiger partial charge in [0, 0.05) is 23.5 Å². The van der Waals surface area contributed by atoms with Crippen LogP contribution in [-0.4, -0.2) is 31.1 Å². The van der Waals surface area contributed by atoms with Gasteiger partial charge in [-0.2, -0.15) is 0 Å². The average molecular weight is 410 g/mol. The van der Waals surface area contributed by atoms with Crippen molar-refractivity contribution in [3.63, 3.8) is 0 Å². The Morgan fingerprint density at radius 2 is 1.67 bits per heavy atom. The standard InChI is InChI=1S/C19H21Cl2N3O3/c1-11(18(25)24-17-9-13(20)7-8-16(17)21)22-14-5-4-6-15(10-14)23-19(26)12(2)27-3/h4-12,22H,1-3H3,(H,23,26)(H,24,25). The SMILES string of the molecule is COC(C)C(=O)Nc1cccc(NC(C)C(=O)Nc2cc(Cl)ccc2Cl)c1. The number of nitrogens with one attached hydrogen (secondary N) is 3. The van der Waals surface area contributed by atoms with Gasteiger partial charge in [-0.1, -0.05) is 29.3 Å². The first kappa shape index (κ1) is 21.0. The number of carbonyl (C=O) groups excluding carboxylic acids is 2. The van der Waals surface area contributed by atoms with Crippen LogP contribution in [0, 0.1) is 0 Å². The second-order valence-electron chi connectivity index (χ2n) is 5.93. The fourth-order valence-electron chi connectivity index (χ4n) is 2.19. The number of carbonyl (C=O) groups is 2. The van der Waals surface area contributed by atoms with Crippen LogP contribution in [0.15, 0.2) is 42.5 Å². The third-order valence-corrected chi connectivity index (χ3v) is 4.38. The molecule has 0 aliphatic rings. The average Bonchev–Trinajstić information content (AvgIpc) is 2.64. The van der Waals surface area contributed by atoms with Crippen molar-refractivity contribution < 1.29 is 14.3 Å². The molecule has 144 valence electrons. The number of ether oxygens (including phenoxy) is 1. The Labute approximate surface area is 168 Å². The summed E-state index contributed by atoms with van der Waals surface area (Å²) in [5.74, 6) is -0.530. The molecule has 0 saturated carbocycles. The van der Waals surface area contributed by atoms with Crippen molar-refractivity contribution in [2.24, 2.45) is 0 Å². The van der Waals surface area contributed by atoms with Gasteiger partial charge in [-0.05, 0) is 50.2 Å². The van der Waals surface area contributed by atoms with Crippen LogP contribution in [0.2, 0.25) is 10.0 Å². The van der Waals surface area contributed by atoms with E-state index in [0.29, 0.717) is 27.1 Å². The number of amides is 2. The van der Waals surface area contributed by atoms with Gasteiger partial charge in [-0.25, -0.2) is 0 Å². The van der Waals surface area contributed by atoms with Crippen molar-refractivity contribution in [3.05, 3.63) is 52.5 Å². The predicted octanol–water partition coefficient (Wildman–Crippen LogP) is 4.41. The number of hydrogen-bond donors (Lipinski definition) is 3. The van der Waals surface area contributed by atoms with Crippen LogP contribution < -0.4 is 16.0 Å². The van der Waals surface area contributed by atoms with E-state index in [2.05, 4.69) is 16.0 Å². The summed E-state index contributed by atoms with van der Waals surface area (Å²) in [5.41, 5.74) is 1.72. The van der Waals surface area contributed by atoms with Crippen molar-refractivity contribution in [2.45, 2.75) is 26.0 Å². The molecule has 27 heavy (non-hydrogen) atoms. The first-order chi connectivity index (χ1) is 12.8. The predicted molar refractivity (Wildman–Crippen MR) is 110 cm³/mol. The highest BCUT2D eigenvalue weighted by atomic mass is 35.5. The Morgan fingerprint density at radius 3 is 2.37 bits per heavy atom. The highest BCUT2D eigenvalue weighted by Crippen LogP contribution is 2.25. The molecule has 0 bridgehead atoms. The molecule has 2 rings (SSSR count). The number of halogens is 2. The molecule has 3 N–H and O–H groups in total. The van der Waals surface area contributed by atoms with Gasteiger partial charge in [0.05, 0.1) is 10.7 Å². The molecule has 0 aromatic heterocycles. The van der Waals surface area contributed by atoms with E-state index in [1.165, 1.54) is 7.11 Å². The van der Waals surface area contributed by atoms with E-state index < -0.39 is 12.1 Å². The van der Waals surface area contributed by atoms with Gasteiger partial charge in [-0.3, -0.25) is 9.59 Å². The minimum absolute atomic E-state index is 0.254. The number of methoxy groups -OCH3 is 1. The largest absolute Gasteiger partial charge is 0.374 e. The number of anilines is 3. The lowest BCUT2D eigenvalue weighted by Gasteiger charge is -2.17. The molecule has 0 radical (unpaired) electrons. The molecule has 2 atom stereocenters. The van der Waals surface area contributed by atoms with Gasteiger partial charge in [-0.15, -0.1) is 0 Å². The van der Waals surface area contributed by atoms with Crippen molar-refractivity contribution in [1.82, 2.24) is 0 Å². The maximum Gasteiger partial charge on any atom is 0.253 e. The Bertz CT molecular complexity index is 830. The second kappa shape index (κ2) is 9.60. The summed E-state index contributed by atoms with van der Waals surface area (Å²) in [6.07, 6.45) is -0.561. The summed E-state index contributed by atoms with van der Waals surface area (Å²) in [6.45, 7) is 3.37. The zero-order valence-corrected chi connectivity index (χ0v) is 16.7. The van der Waals surface area contributed by atoms with Crippen LogP contribution in [0.5, 0.6) is 0 Å². The number of hydrogen-bond acceptors (Lipinski definition) is 4. The van der Waals surface area contributed by atoms with Crippen molar-refractivity contribution >= 4 is 52.1 Å². The molecular formula is C19H21Cl2N3O3. The highest BCUT2D eigenvalue weighted by molar-refractivity contribution is 6.35. The third-order valence-electron chi connectivity index (χ3n) is 3.82. The molecule has 0 aliphatic heterocycles. The Morgan fingerprint density at radius 1 is 0.963 bits per heavy atom. The molecule has 0 fully saturated rings. The van der Waals surface area contributed by atoms with Gasteiger partial charge in [0.15, 0.2) is 0 Å². The van der Waals surface area contributed by atoms with E-state index in [1.807, 2.05) is 0 Å². The minimum Gasteiger partial charge on any atom is -0.374 e. The topological polar surface area (TPSA) is 79.5 Å². The molecular weight excluding hydrogens is 389 g/mol. The van der Waals surface area contributed by atoms with Gasteiger partial charge >= 0.3 is 0 Å². The van der Waals surface area contributed by atoms with Gasteiger partial charge in [0.25, 0.3) is 5.91 Å². The van der Waals surface area contributed by atoms with Crippen molar-refractivity contribution in [2.75, 3.05) is 23.1 Å². The van der Waals surface area contributed by atoms with Crippen molar-refractivity contribution in [3.8, 4) is 0 Å². The molecule has 6 nitrogen and oxygen atoms in total. The lowest BCUT2D eigenvalue weighted by molar-refractivity contribution is -0.124. The third kappa shape index (κ3) is 6.13. The Balaban J connectivity index is 2.01. The van der Waals surface area contributed by atoms with Crippen LogP contribution in [0.1, 0.15) is 13.8 Å². The van der Waals surface area contributed by atoms with E-state index in [0.717, 1.165) is 0 Å². The normalized spacial score (nSPS) is 12.8. The summed E-state index contributed by atoms with van der Waals surface area (Å²) >= 11 is 12.0. The van der Waals surface area contributed by atoms with Crippen LogP contribution in [0.3, 0.4) is 0 Å². The lowest BCUT2D eigenvalue weighted by Crippen LogP contribution is -2.32. The summed E-state index contributed by atoms with van der Waals surface area (Å²) in [5, 5.41) is 9.45. The fraction of sp³-hybridized carbons (Fsp3) is 0.263. The molecule has 0 spiro atoms. The maximum atomic E-state index is 12.4. The van der Waals surface area contributed by atoms with Crippen LogP contribution in [0.25, 0.3) is 0 Å². The first-order valence-corrected chi connectivity index (χ1v) is 9.02. The monoisotopic (exact) mass is 409 g/mol. The maximum absolute atomic E-state index is 12.4. The zero-order chi connectivity index (χ0) is 20.0. The van der Waals surface area contributed by atoms with Crippen LogP contribution in [0.4, 0.5) is 17.1 Å². The van der Waals surface area contributed by atoms with Gasteiger partial charge < -0.3 is 20.7 Å². The van der Waals surface area contributed by atoms with E-state index in [4.69, 9.17) is 27.9 Å². The summed E-state index contributed by atoms with van der Waals surface area (Å²) in [6, 6.07) is 11.3. The quantitative estimate of drug-likeness (QED) is 0.632. The molecule has 0 aliphatic carbocycles. The minimum atomic E-state index is -0.561. The van der Waals surface area contributed by atoms with E-state index in [1.54, 1.807) is 56.3 Å². The van der Waals surface area contributed by atoms with Crippen molar-refractivity contribution in [1.29, 1.82) is 0 Å². The molecule has 2 unspecified atom stereocenters. The Kier molecular flexibility index (Phi) is 7.47. The Hall–Kier alpha value is -2.28. The zero-order valence-electron chi connectivity index (χ0n) is 15.2. The van der Waals surface area contributed by atoms with E-state index in [9.17, 15) is 9.59 Å². The summed E-state index contributed by atoms with van der Waals surface area (Å²) in [4.78, 5) is 24.3. The van der Waals surface area contributed by atoms with E-state index >= 15 is 0 Å². The lowest BCUT2D eigenvalue weighted by atomic mass is 10.2. The molecule has 8 heteroatoms.